The highest BCUT2D eigenvalue weighted by Gasteiger charge is 2.12. The van der Waals surface area contributed by atoms with Crippen LogP contribution in [-0.2, 0) is 6.54 Å². The smallest absolute Gasteiger partial charge is 0.272 e. The second-order valence-corrected chi connectivity index (χ2v) is 7.57. The van der Waals surface area contributed by atoms with Crippen LogP contribution < -0.4 is 11.2 Å². The number of fused-ring (bicyclic) bond motifs is 1. The minimum atomic E-state index is -0.455. The molecule has 0 atom stereocenters. The number of hydrogen-bond donors (Lipinski definition) is 3. The molecule has 0 bridgehead atoms. The largest absolute Gasteiger partial charge is 0.506 e. The lowest BCUT2D eigenvalue weighted by Crippen LogP contribution is -2.17. The minimum absolute atomic E-state index is 0.0912. The number of phenolic OH excluding ortho intramolecular Hbond substituents is 1. The first-order chi connectivity index (χ1) is 15.8. The van der Waals surface area contributed by atoms with Gasteiger partial charge in [-0.2, -0.15) is 5.10 Å². The average molecular weight is 443 g/mol. The molecule has 0 radical (unpaired) electrons. The minimum Gasteiger partial charge on any atom is -0.506 e. The summed E-state index contributed by atoms with van der Waals surface area (Å²) in [6, 6.07) is 17.0. The summed E-state index contributed by atoms with van der Waals surface area (Å²) >= 11 is 0. The number of nitrogens with two attached hydrogens (primary N) is 1. The van der Waals surface area contributed by atoms with Crippen molar-refractivity contribution in [2.45, 2.75) is 13.5 Å². The molecule has 4 N–H and O–H groups in total. The molecule has 4 aromatic rings. The molecular weight excluding hydrogens is 422 g/mol. The maximum absolute atomic E-state index is 12.3. The van der Waals surface area contributed by atoms with E-state index in [0.717, 1.165) is 22.0 Å². The van der Waals surface area contributed by atoms with Crippen LogP contribution in [0.15, 0.2) is 72.0 Å². The second kappa shape index (κ2) is 8.83. The van der Waals surface area contributed by atoms with Gasteiger partial charge in [-0.25, -0.2) is 5.43 Å². The zero-order valence-corrected chi connectivity index (χ0v) is 17.7. The van der Waals surface area contributed by atoms with Gasteiger partial charge in [0.1, 0.15) is 5.75 Å². The quantitative estimate of drug-likeness (QED) is 0.136. The maximum Gasteiger partial charge on any atom is 0.272 e. The fourth-order valence-electron chi connectivity index (χ4n) is 3.57. The number of rotatable bonds is 6. The summed E-state index contributed by atoms with van der Waals surface area (Å²) in [5.74, 6) is -0.546. The number of hydrogen-bond acceptors (Lipinski definition) is 6. The predicted octanol–water partition coefficient (Wildman–Crippen LogP) is 3.96. The molecule has 1 aromatic heterocycles. The molecule has 3 aromatic carbocycles. The lowest BCUT2D eigenvalue weighted by atomic mass is 10.1. The van der Waals surface area contributed by atoms with E-state index < -0.39 is 5.91 Å². The number of benzene rings is 3. The number of nitrogen functional groups attached to an aromatic ring is 1. The van der Waals surface area contributed by atoms with Crippen LogP contribution in [0.3, 0.4) is 0 Å². The van der Waals surface area contributed by atoms with Gasteiger partial charge in [0.2, 0.25) is 0 Å². The summed E-state index contributed by atoms with van der Waals surface area (Å²) in [6.07, 6.45) is 3.45. The van der Waals surface area contributed by atoms with E-state index in [9.17, 15) is 20.0 Å². The zero-order chi connectivity index (χ0) is 23.5. The zero-order valence-electron chi connectivity index (χ0n) is 17.7. The standard InChI is InChI=1S/C24H21N5O4/c1-15-5-6-16(11-22(15)29(32)33)14-28-10-9-19-18(3-2-4-21(19)28)13-26-27-24(31)17-7-8-23(30)20(25)12-17/h2-13,30H,14,25H2,1H3,(H,27,31)/b26-13+. The van der Waals surface area contributed by atoms with E-state index in [1.165, 1.54) is 18.2 Å². The molecule has 166 valence electrons. The van der Waals surface area contributed by atoms with Crippen molar-refractivity contribution in [3.8, 4) is 5.75 Å². The highest BCUT2D eigenvalue weighted by Crippen LogP contribution is 2.24. The third-order valence-corrected chi connectivity index (χ3v) is 5.33. The van der Waals surface area contributed by atoms with Gasteiger partial charge in [-0.15, -0.1) is 0 Å². The van der Waals surface area contributed by atoms with Crippen molar-refractivity contribution in [2.75, 3.05) is 5.73 Å². The number of nitro groups is 1. The molecule has 0 unspecified atom stereocenters. The molecule has 9 heteroatoms. The highest BCUT2D eigenvalue weighted by atomic mass is 16.6. The van der Waals surface area contributed by atoms with E-state index in [1.54, 1.807) is 25.3 Å². The van der Waals surface area contributed by atoms with E-state index in [-0.39, 0.29) is 27.6 Å². The number of amides is 1. The van der Waals surface area contributed by atoms with Gasteiger partial charge in [0.15, 0.2) is 0 Å². The van der Waals surface area contributed by atoms with Gasteiger partial charge in [-0.1, -0.05) is 24.3 Å². The van der Waals surface area contributed by atoms with Crippen LogP contribution in [0.2, 0.25) is 0 Å². The van der Waals surface area contributed by atoms with Crippen LogP contribution >= 0.6 is 0 Å². The number of nitrogens with zero attached hydrogens (tertiary/aromatic N) is 3. The summed E-state index contributed by atoms with van der Waals surface area (Å²) in [6.45, 7) is 2.19. The molecule has 1 heterocycles. The molecule has 0 saturated heterocycles. The van der Waals surface area contributed by atoms with Crippen molar-refractivity contribution < 1.29 is 14.8 Å². The Morgan fingerprint density at radius 3 is 2.79 bits per heavy atom. The van der Waals surface area contributed by atoms with Gasteiger partial charge in [0, 0.05) is 46.4 Å². The summed E-state index contributed by atoms with van der Waals surface area (Å²) in [5, 5.41) is 25.7. The molecule has 0 saturated carbocycles. The topological polar surface area (TPSA) is 136 Å². The Bertz CT molecular complexity index is 1410. The van der Waals surface area contributed by atoms with Gasteiger partial charge in [-0.05, 0) is 42.8 Å². The maximum atomic E-state index is 12.3. The number of aromatic hydroxyl groups is 1. The van der Waals surface area contributed by atoms with Crippen molar-refractivity contribution >= 4 is 34.4 Å². The van der Waals surface area contributed by atoms with E-state index in [1.807, 2.05) is 41.1 Å². The number of hydrazone groups is 1. The fourth-order valence-corrected chi connectivity index (χ4v) is 3.57. The molecule has 0 aliphatic carbocycles. The Labute approximate surface area is 188 Å². The number of phenols is 1. The summed E-state index contributed by atoms with van der Waals surface area (Å²) < 4.78 is 2.00. The second-order valence-electron chi connectivity index (χ2n) is 7.57. The molecule has 9 nitrogen and oxygen atoms in total. The van der Waals surface area contributed by atoms with Gasteiger partial charge < -0.3 is 15.4 Å². The Morgan fingerprint density at radius 1 is 1.21 bits per heavy atom. The van der Waals surface area contributed by atoms with Gasteiger partial charge in [0.05, 0.1) is 16.8 Å². The first-order valence-corrected chi connectivity index (χ1v) is 10.1. The van der Waals surface area contributed by atoms with Crippen LogP contribution in [0.1, 0.15) is 27.0 Å². The number of nitro benzene ring substituents is 1. The Kier molecular flexibility index (Phi) is 5.77. The fraction of sp³-hybridized carbons (Fsp3) is 0.0833. The van der Waals surface area contributed by atoms with Crippen LogP contribution in [0, 0.1) is 17.0 Å². The van der Waals surface area contributed by atoms with E-state index in [2.05, 4.69) is 10.5 Å². The van der Waals surface area contributed by atoms with Crippen molar-refractivity contribution in [1.29, 1.82) is 0 Å². The number of aryl methyl sites for hydroxylation is 1. The van der Waals surface area contributed by atoms with Crippen molar-refractivity contribution in [1.82, 2.24) is 9.99 Å². The third kappa shape index (κ3) is 4.52. The number of anilines is 1. The van der Waals surface area contributed by atoms with Gasteiger partial charge in [-0.3, -0.25) is 14.9 Å². The van der Waals surface area contributed by atoms with Crippen LogP contribution in [0.25, 0.3) is 10.9 Å². The average Bonchev–Trinajstić information content (AvgIpc) is 3.20. The van der Waals surface area contributed by atoms with E-state index in [4.69, 9.17) is 5.73 Å². The Hall–Kier alpha value is -4.66. The molecule has 0 aliphatic heterocycles. The van der Waals surface area contributed by atoms with Gasteiger partial charge >= 0.3 is 0 Å². The van der Waals surface area contributed by atoms with Gasteiger partial charge in [0.25, 0.3) is 11.6 Å². The summed E-state index contributed by atoms with van der Waals surface area (Å²) in [4.78, 5) is 23.1. The molecule has 1 amide bonds. The van der Waals surface area contributed by atoms with Crippen molar-refractivity contribution in [2.24, 2.45) is 5.10 Å². The molecule has 0 aliphatic rings. The normalized spacial score (nSPS) is 11.2. The van der Waals surface area contributed by atoms with Crippen molar-refractivity contribution in [3.63, 3.8) is 0 Å². The first kappa shape index (κ1) is 21.6. The molecule has 33 heavy (non-hydrogen) atoms. The number of carbonyl (C=O) groups excluding carboxylic acids is 1. The van der Waals surface area contributed by atoms with Crippen LogP contribution in [0.5, 0.6) is 5.75 Å². The van der Waals surface area contributed by atoms with Crippen LogP contribution in [-0.4, -0.2) is 26.7 Å². The highest BCUT2D eigenvalue weighted by molar-refractivity contribution is 6.00. The molecule has 0 spiro atoms. The first-order valence-electron chi connectivity index (χ1n) is 10.1. The van der Waals surface area contributed by atoms with E-state index >= 15 is 0 Å². The predicted molar refractivity (Wildman–Crippen MR) is 126 cm³/mol. The third-order valence-electron chi connectivity index (χ3n) is 5.33. The summed E-state index contributed by atoms with van der Waals surface area (Å²) in [7, 11) is 0. The Morgan fingerprint density at radius 2 is 2.03 bits per heavy atom. The van der Waals surface area contributed by atoms with E-state index in [0.29, 0.717) is 12.1 Å². The number of aromatic nitrogens is 1. The monoisotopic (exact) mass is 443 g/mol. The van der Waals surface area contributed by atoms with Crippen LogP contribution in [0.4, 0.5) is 11.4 Å². The molecule has 4 rings (SSSR count). The SMILES string of the molecule is Cc1ccc(Cn2ccc3c(/C=N/NC(=O)c4ccc(O)c(N)c4)cccc32)cc1[N+](=O)[O-]. The Balaban J connectivity index is 1.54. The van der Waals surface area contributed by atoms with Crippen molar-refractivity contribution in [3.05, 3.63) is 99.2 Å². The lowest BCUT2D eigenvalue weighted by Gasteiger charge is -2.07. The summed E-state index contributed by atoms with van der Waals surface area (Å²) in [5.41, 5.74) is 11.7. The lowest BCUT2D eigenvalue weighted by molar-refractivity contribution is -0.385. The molecule has 0 fully saturated rings. The number of carbonyl (C=O) groups is 1. The molecular formula is C24H21N5O4. The number of nitrogens with one attached hydrogen (secondary N) is 1.